The largest absolute Gasteiger partial charge is 0.493 e. The number of para-hydroxylation sites is 1. The fourth-order valence-corrected chi connectivity index (χ4v) is 1.67. The molecule has 19 heavy (non-hydrogen) atoms. The Morgan fingerprint density at radius 2 is 2.16 bits per heavy atom. The summed E-state index contributed by atoms with van der Waals surface area (Å²) in [5, 5.41) is 23.6. The van der Waals surface area contributed by atoms with E-state index in [0.29, 0.717) is 10.9 Å². The van der Waals surface area contributed by atoms with Crippen LogP contribution in [0, 0.1) is 0 Å². The number of amides is 1. The molecule has 1 aromatic carbocycles. The van der Waals surface area contributed by atoms with Gasteiger partial charge in [-0.25, -0.2) is 4.98 Å². The van der Waals surface area contributed by atoms with Crippen molar-refractivity contribution in [2.24, 2.45) is 10.2 Å². The summed E-state index contributed by atoms with van der Waals surface area (Å²) in [5.74, 6) is -0.819. The lowest BCUT2D eigenvalue weighted by Crippen LogP contribution is -1.96. The van der Waals surface area contributed by atoms with Gasteiger partial charge in [-0.05, 0) is 6.07 Å². The summed E-state index contributed by atoms with van der Waals surface area (Å²) in [4.78, 5) is 18.0. The van der Waals surface area contributed by atoms with Crippen molar-refractivity contribution in [1.29, 1.82) is 0 Å². The van der Waals surface area contributed by atoms with Gasteiger partial charge in [-0.3, -0.25) is 9.89 Å². The maximum atomic E-state index is 11.6. The van der Waals surface area contributed by atoms with Gasteiger partial charge in [0.05, 0.1) is 5.52 Å². The molecule has 0 saturated carbocycles. The van der Waals surface area contributed by atoms with Crippen LogP contribution in [0.3, 0.4) is 0 Å². The number of hydrogen-bond acceptors (Lipinski definition) is 5. The lowest BCUT2D eigenvalue weighted by molar-refractivity contribution is 0.0985. The average molecular weight is 256 g/mol. The molecule has 2 aromatic heterocycles. The number of carbonyl (C=O) groups is 1. The van der Waals surface area contributed by atoms with Gasteiger partial charge in [0.25, 0.3) is 0 Å². The van der Waals surface area contributed by atoms with E-state index in [9.17, 15) is 9.90 Å². The molecule has 8 nitrogen and oxygen atoms in total. The first-order valence-corrected chi connectivity index (χ1v) is 5.37. The topological polar surface area (TPSA) is 119 Å². The minimum Gasteiger partial charge on any atom is -0.493 e. The Bertz CT molecular complexity index is 759. The van der Waals surface area contributed by atoms with Gasteiger partial charge >= 0.3 is 5.91 Å². The van der Waals surface area contributed by atoms with E-state index < -0.39 is 5.91 Å². The second-order valence-corrected chi connectivity index (χ2v) is 3.71. The Kier molecular flexibility index (Phi) is 2.53. The second-order valence-electron chi connectivity index (χ2n) is 3.71. The molecule has 1 amide bonds. The van der Waals surface area contributed by atoms with Crippen LogP contribution in [0.1, 0.15) is 10.6 Å². The molecule has 3 aromatic rings. The van der Waals surface area contributed by atoms with E-state index in [1.54, 1.807) is 18.2 Å². The highest BCUT2D eigenvalue weighted by molar-refractivity contribution is 5.95. The summed E-state index contributed by atoms with van der Waals surface area (Å²) in [6, 6.07) is 7.16. The maximum absolute atomic E-state index is 11.6. The van der Waals surface area contributed by atoms with E-state index in [0.717, 1.165) is 0 Å². The number of nitrogens with zero attached hydrogens (tertiary/aromatic N) is 4. The number of H-pyrrole nitrogens is 2. The van der Waals surface area contributed by atoms with Crippen molar-refractivity contribution in [2.45, 2.75) is 0 Å². The van der Waals surface area contributed by atoms with E-state index in [1.807, 2.05) is 6.07 Å². The van der Waals surface area contributed by atoms with E-state index in [4.69, 9.17) is 0 Å². The normalized spacial score (nSPS) is 11.4. The first kappa shape index (κ1) is 11.1. The molecule has 0 atom stereocenters. The highest BCUT2D eigenvalue weighted by Crippen LogP contribution is 2.35. The van der Waals surface area contributed by atoms with Gasteiger partial charge in [-0.2, -0.15) is 5.10 Å². The third-order valence-corrected chi connectivity index (χ3v) is 2.52. The summed E-state index contributed by atoms with van der Waals surface area (Å²) in [6.45, 7) is 0. The van der Waals surface area contributed by atoms with Crippen LogP contribution in [0.25, 0.3) is 10.9 Å². The summed E-state index contributed by atoms with van der Waals surface area (Å²) in [7, 11) is 0. The van der Waals surface area contributed by atoms with Crippen LogP contribution in [0.15, 0.2) is 40.8 Å². The molecule has 0 bridgehead atoms. The van der Waals surface area contributed by atoms with Crippen LogP contribution in [0.5, 0.6) is 5.88 Å². The van der Waals surface area contributed by atoms with Crippen LogP contribution in [-0.2, 0) is 0 Å². The number of hydrogen-bond donors (Lipinski definition) is 3. The zero-order valence-corrected chi connectivity index (χ0v) is 9.53. The Balaban J connectivity index is 1.97. The Morgan fingerprint density at radius 1 is 1.32 bits per heavy atom. The predicted octanol–water partition coefficient (Wildman–Crippen LogP) is 1.92. The molecule has 0 unspecified atom stereocenters. The Hall–Kier alpha value is -3.03. The smallest absolute Gasteiger partial charge is 0.332 e. The number of aromatic nitrogens is 4. The SMILES string of the molecule is O=C(N=Nc1c(O)[nH]c2ccccc12)c1ncn[nH]1. The molecule has 0 spiro atoms. The van der Waals surface area contributed by atoms with Gasteiger partial charge in [0.15, 0.2) is 5.69 Å². The average Bonchev–Trinajstić information content (AvgIpc) is 3.03. The molecule has 0 aliphatic carbocycles. The van der Waals surface area contributed by atoms with Crippen LogP contribution in [-0.4, -0.2) is 31.2 Å². The molecule has 0 saturated heterocycles. The quantitative estimate of drug-likeness (QED) is 0.606. The van der Waals surface area contributed by atoms with Gasteiger partial charge < -0.3 is 10.1 Å². The highest BCUT2D eigenvalue weighted by Gasteiger charge is 2.11. The molecular formula is C11H8N6O2. The summed E-state index contributed by atoms with van der Waals surface area (Å²) in [6.07, 6.45) is 1.20. The van der Waals surface area contributed by atoms with Crippen molar-refractivity contribution in [1.82, 2.24) is 20.2 Å². The number of carbonyl (C=O) groups excluding carboxylic acids is 1. The number of aromatic amines is 2. The number of nitrogens with one attached hydrogen (secondary N) is 2. The van der Waals surface area contributed by atoms with Gasteiger partial charge in [-0.15, -0.1) is 10.2 Å². The molecule has 94 valence electrons. The van der Waals surface area contributed by atoms with Crippen molar-refractivity contribution < 1.29 is 9.90 Å². The number of fused-ring (bicyclic) bond motifs is 1. The molecule has 0 aliphatic heterocycles. The zero-order chi connectivity index (χ0) is 13.2. The fourth-order valence-electron chi connectivity index (χ4n) is 1.67. The fraction of sp³-hybridized carbons (Fsp3) is 0. The number of rotatable bonds is 2. The molecule has 3 N–H and O–H groups in total. The van der Waals surface area contributed by atoms with Crippen LogP contribution < -0.4 is 0 Å². The predicted molar refractivity (Wildman–Crippen MR) is 65.2 cm³/mol. The minimum absolute atomic E-state index is 0.0110. The van der Waals surface area contributed by atoms with Crippen molar-refractivity contribution in [2.75, 3.05) is 0 Å². The lowest BCUT2D eigenvalue weighted by Gasteiger charge is -1.90. The van der Waals surface area contributed by atoms with Crippen molar-refractivity contribution in [3.8, 4) is 5.88 Å². The molecule has 0 fully saturated rings. The van der Waals surface area contributed by atoms with Crippen LogP contribution in [0.2, 0.25) is 0 Å². The van der Waals surface area contributed by atoms with E-state index >= 15 is 0 Å². The van der Waals surface area contributed by atoms with Crippen LogP contribution in [0.4, 0.5) is 5.69 Å². The molecular weight excluding hydrogens is 248 g/mol. The summed E-state index contributed by atoms with van der Waals surface area (Å²) < 4.78 is 0. The molecule has 3 rings (SSSR count). The number of benzene rings is 1. The van der Waals surface area contributed by atoms with Gasteiger partial charge in [0.2, 0.25) is 11.7 Å². The van der Waals surface area contributed by atoms with Gasteiger partial charge in [0, 0.05) is 5.39 Å². The lowest BCUT2D eigenvalue weighted by atomic mass is 10.2. The Morgan fingerprint density at radius 3 is 2.95 bits per heavy atom. The van der Waals surface area contributed by atoms with E-state index in [2.05, 4.69) is 30.4 Å². The first-order chi connectivity index (χ1) is 9.25. The van der Waals surface area contributed by atoms with Crippen molar-refractivity contribution >= 4 is 22.5 Å². The number of azo groups is 1. The van der Waals surface area contributed by atoms with E-state index in [-0.39, 0.29) is 17.4 Å². The molecule has 0 aliphatic rings. The third-order valence-electron chi connectivity index (χ3n) is 2.52. The second kappa shape index (κ2) is 4.33. The summed E-state index contributed by atoms with van der Waals surface area (Å²) in [5.41, 5.74) is 0.921. The molecule has 0 radical (unpaired) electrons. The van der Waals surface area contributed by atoms with Crippen LogP contribution >= 0.6 is 0 Å². The zero-order valence-electron chi connectivity index (χ0n) is 9.53. The van der Waals surface area contributed by atoms with Gasteiger partial charge in [0.1, 0.15) is 6.33 Å². The molecule has 2 heterocycles. The van der Waals surface area contributed by atoms with Crippen molar-refractivity contribution in [3.05, 3.63) is 36.4 Å². The van der Waals surface area contributed by atoms with Crippen molar-refractivity contribution in [3.63, 3.8) is 0 Å². The summed E-state index contributed by atoms with van der Waals surface area (Å²) >= 11 is 0. The third kappa shape index (κ3) is 1.95. The Labute approximate surface area is 106 Å². The van der Waals surface area contributed by atoms with Gasteiger partial charge in [-0.1, -0.05) is 18.2 Å². The maximum Gasteiger partial charge on any atom is 0.332 e. The monoisotopic (exact) mass is 256 g/mol. The standard InChI is InChI=1S/C11H8N6O2/c18-10-8(6-3-1-2-4-7(6)14-10)15-17-11(19)9-12-5-13-16-9/h1-5,14,18H,(H,12,13,16). The first-order valence-electron chi connectivity index (χ1n) is 5.37. The molecule has 8 heteroatoms. The van der Waals surface area contributed by atoms with E-state index in [1.165, 1.54) is 6.33 Å². The number of aromatic hydroxyl groups is 1. The highest BCUT2D eigenvalue weighted by atomic mass is 16.3. The minimum atomic E-state index is -0.665.